The maximum absolute atomic E-state index is 12.2. The van der Waals surface area contributed by atoms with Crippen LogP contribution in [-0.2, 0) is 0 Å². The average molecular weight is 313 g/mol. The van der Waals surface area contributed by atoms with Gasteiger partial charge in [-0.15, -0.1) is 0 Å². The third-order valence-corrected chi connectivity index (χ3v) is 3.31. The first-order valence-electron chi connectivity index (χ1n) is 8.00. The summed E-state index contributed by atoms with van der Waals surface area (Å²) in [7, 11) is 0. The molecule has 0 bridgehead atoms. The first-order chi connectivity index (χ1) is 11.2. The predicted octanol–water partition coefficient (Wildman–Crippen LogP) is 4.52. The zero-order valence-corrected chi connectivity index (χ0v) is 13.7. The topological polar surface area (TPSA) is 47.6 Å². The fourth-order valence-corrected chi connectivity index (χ4v) is 2.04. The van der Waals surface area contributed by atoms with Gasteiger partial charge >= 0.3 is 0 Å². The van der Waals surface area contributed by atoms with Gasteiger partial charge in [0.05, 0.1) is 13.2 Å². The van der Waals surface area contributed by atoms with Crippen molar-refractivity contribution in [1.82, 2.24) is 0 Å². The van der Waals surface area contributed by atoms with Gasteiger partial charge in [-0.25, -0.2) is 0 Å². The van der Waals surface area contributed by atoms with Gasteiger partial charge in [0.25, 0.3) is 5.91 Å². The van der Waals surface area contributed by atoms with Crippen molar-refractivity contribution in [3.8, 4) is 11.5 Å². The minimum atomic E-state index is -0.146. The van der Waals surface area contributed by atoms with E-state index in [-0.39, 0.29) is 5.91 Å². The van der Waals surface area contributed by atoms with Crippen molar-refractivity contribution in [1.29, 1.82) is 0 Å². The smallest absolute Gasteiger partial charge is 0.255 e. The van der Waals surface area contributed by atoms with Crippen molar-refractivity contribution in [3.05, 3.63) is 54.1 Å². The van der Waals surface area contributed by atoms with Crippen molar-refractivity contribution in [3.63, 3.8) is 0 Å². The summed E-state index contributed by atoms with van der Waals surface area (Å²) in [6.07, 6.45) is 2.15. The zero-order chi connectivity index (χ0) is 16.5. The lowest BCUT2D eigenvalue weighted by Gasteiger charge is -2.08. The van der Waals surface area contributed by atoms with E-state index in [0.29, 0.717) is 18.8 Å². The molecule has 0 radical (unpaired) electrons. The van der Waals surface area contributed by atoms with Crippen LogP contribution >= 0.6 is 0 Å². The fourth-order valence-electron chi connectivity index (χ4n) is 2.04. The molecule has 0 saturated carbocycles. The van der Waals surface area contributed by atoms with E-state index in [2.05, 4.69) is 12.2 Å². The van der Waals surface area contributed by atoms with Crippen LogP contribution in [0.4, 0.5) is 5.69 Å². The molecule has 0 heterocycles. The Morgan fingerprint density at radius 1 is 0.913 bits per heavy atom. The van der Waals surface area contributed by atoms with Gasteiger partial charge in [0.15, 0.2) is 0 Å². The minimum Gasteiger partial charge on any atom is -0.494 e. The maximum atomic E-state index is 12.2. The number of anilines is 1. The van der Waals surface area contributed by atoms with E-state index < -0.39 is 0 Å². The standard InChI is InChI=1S/C19H23NO3/c1-3-5-14-23-18-12-8-16(9-13-18)20-19(21)15-6-10-17(11-7-15)22-4-2/h6-13H,3-5,14H2,1-2H3,(H,20,21). The lowest BCUT2D eigenvalue weighted by Crippen LogP contribution is -2.11. The second kappa shape index (κ2) is 8.83. The molecule has 0 aliphatic heterocycles. The highest BCUT2D eigenvalue weighted by molar-refractivity contribution is 6.04. The van der Waals surface area contributed by atoms with E-state index in [1.807, 2.05) is 31.2 Å². The van der Waals surface area contributed by atoms with Crippen molar-refractivity contribution in [2.45, 2.75) is 26.7 Å². The molecule has 0 fully saturated rings. The summed E-state index contributed by atoms with van der Waals surface area (Å²) in [5, 5.41) is 2.87. The van der Waals surface area contributed by atoms with Crippen LogP contribution in [0.2, 0.25) is 0 Å². The molecule has 0 saturated heterocycles. The molecular formula is C19H23NO3. The SMILES string of the molecule is CCCCOc1ccc(NC(=O)c2ccc(OCC)cc2)cc1. The highest BCUT2D eigenvalue weighted by Gasteiger charge is 2.06. The molecule has 2 aromatic rings. The highest BCUT2D eigenvalue weighted by atomic mass is 16.5. The van der Waals surface area contributed by atoms with Crippen LogP contribution < -0.4 is 14.8 Å². The van der Waals surface area contributed by atoms with Gasteiger partial charge in [-0.2, -0.15) is 0 Å². The van der Waals surface area contributed by atoms with Crippen LogP contribution in [0, 0.1) is 0 Å². The number of hydrogen-bond acceptors (Lipinski definition) is 3. The zero-order valence-electron chi connectivity index (χ0n) is 13.7. The van der Waals surface area contributed by atoms with E-state index in [1.165, 1.54) is 0 Å². The molecular weight excluding hydrogens is 290 g/mol. The normalized spacial score (nSPS) is 10.2. The maximum Gasteiger partial charge on any atom is 0.255 e. The summed E-state index contributed by atoms with van der Waals surface area (Å²) in [6, 6.07) is 14.5. The Morgan fingerprint density at radius 2 is 1.52 bits per heavy atom. The van der Waals surface area contributed by atoms with Gasteiger partial charge in [-0.1, -0.05) is 13.3 Å². The van der Waals surface area contributed by atoms with E-state index in [1.54, 1.807) is 24.3 Å². The molecule has 0 unspecified atom stereocenters. The second-order valence-corrected chi connectivity index (χ2v) is 5.14. The lowest BCUT2D eigenvalue weighted by molar-refractivity contribution is 0.102. The van der Waals surface area contributed by atoms with Gasteiger partial charge in [0, 0.05) is 11.3 Å². The molecule has 0 aliphatic carbocycles. The summed E-state index contributed by atoms with van der Waals surface area (Å²) in [5.41, 5.74) is 1.34. The Kier molecular flexibility index (Phi) is 6.48. The molecule has 1 amide bonds. The van der Waals surface area contributed by atoms with Crippen molar-refractivity contribution in [2.75, 3.05) is 18.5 Å². The van der Waals surface area contributed by atoms with Gasteiger partial charge in [-0.05, 0) is 61.9 Å². The minimum absolute atomic E-state index is 0.146. The number of ether oxygens (including phenoxy) is 2. The van der Waals surface area contributed by atoms with Crippen LogP contribution in [0.15, 0.2) is 48.5 Å². The van der Waals surface area contributed by atoms with Gasteiger partial charge in [0.2, 0.25) is 0 Å². The van der Waals surface area contributed by atoms with Crippen molar-refractivity contribution < 1.29 is 14.3 Å². The van der Waals surface area contributed by atoms with E-state index in [4.69, 9.17) is 9.47 Å². The number of hydrogen-bond donors (Lipinski definition) is 1. The molecule has 4 heteroatoms. The van der Waals surface area contributed by atoms with E-state index >= 15 is 0 Å². The fraction of sp³-hybridized carbons (Fsp3) is 0.316. The van der Waals surface area contributed by atoms with E-state index in [0.717, 1.165) is 30.0 Å². The average Bonchev–Trinajstić information content (AvgIpc) is 2.57. The quantitative estimate of drug-likeness (QED) is 0.729. The highest BCUT2D eigenvalue weighted by Crippen LogP contribution is 2.18. The lowest BCUT2D eigenvalue weighted by atomic mass is 10.2. The number of unbranched alkanes of at least 4 members (excludes halogenated alkanes) is 1. The molecule has 0 aliphatic rings. The molecule has 0 atom stereocenters. The Hall–Kier alpha value is -2.49. The first kappa shape index (κ1) is 16.9. The molecule has 2 aromatic carbocycles. The molecule has 1 N–H and O–H groups in total. The number of amides is 1. The summed E-state index contributed by atoms with van der Waals surface area (Å²) in [4.78, 5) is 12.2. The van der Waals surface area contributed by atoms with Gasteiger partial charge < -0.3 is 14.8 Å². The second-order valence-electron chi connectivity index (χ2n) is 5.14. The van der Waals surface area contributed by atoms with Crippen LogP contribution in [0.5, 0.6) is 11.5 Å². The number of carbonyl (C=O) groups is 1. The molecule has 23 heavy (non-hydrogen) atoms. The third kappa shape index (κ3) is 5.33. The number of rotatable bonds is 8. The third-order valence-electron chi connectivity index (χ3n) is 3.31. The van der Waals surface area contributed by atoms with Crippen LogP contribution in [0.1, 0.15) is 37.0 Å². The summed E-state index contributed by atoms with van der Waals surface area (Å²) < 4.78 is 11.0. The Balaban J connectivity index is 1.91. The van der Waals surface area contributed by atoms with Crippen molar-refractivity contribution in [2.24, 2.45) is 0 Å². The summed E-state index contributed by atoms with van der Waals surface area (Å²) in [6.45, 7) is 5.38. The molecule has 0 aromatic heterocycles. The van der Waals surface area contributed by atoms with Crippen molar-refractivity contribution >= 4 is 11.6 Å². The largest absolute Gasteiger partial charge is 0.494 e. The van der Waals surface area contributed by atoms with Crippen LogP contribution in [-0.4, -0.2) is 19.1 Å². The Morgan fingerprint density at radius 3 is 2.13 bits per heavy atom. The molecule has 122 valence electrons. The first-order valence-corrected chi connectivity index (χ1v) is 8.00. The number of nitrogens with one attached hydrogen (secondary N) is 1. The predicted molar refractivity (Wildman–Crippen MR) is 92.4 cm³/mol. The van der Waals surface area contributed by atoms with Gasteiger partial charge in [-0.3, -0.25) is 4.79 Å². The monoisotopic (exact) mass is 313 g/mol. The summed E-state index contributed by atoms with van der Waals surface area (Å²) in [5.74, 6) is 1.43. The summed E-state index contributed by atoms with van der Waals surface area (Å²) >= 11 is 0. The van der Waals surface area contributed by atoms with E-state index in [9.17, 15) is 4.79 Å². The number of carbonyl (C=O) groups excluding carboxylic acids is 1. The van der Waals surface area contributed by atoms with Crippen LogP contribution in [0.3, 0.4) is 0 Å². The molecule has 2 rings (SSSR count). The molecule has 0 spiro atoms. The molecule has 4 nitrogen and oxygen atoms in total. The Bertz CT molecular complexity index is 606. The number of benzene rings is 2. The van der Waals surface area contributed by atoms with Gasteiger partial charge in [0.1, 0.15) is 11.5 Å². The van der Waals surface area contributed by atoms with Crippen LogP contribution in [0.25, 0.3) is 0 Å². The Labute approximate surface area is 137 Å².